The number of hydrogen-bond acceptors (Lipinski definition) is 5. The standard InChI is InChI=1S/C27H31N5O3/c1-30-15-24(28-17-30)19-4-3-5-21(12-19)25(16-32-9-8-22(33)14-32)31(2)27(35)11-18-6-7-20-13-26(34)29-23(20)10-18/h3-7,10,12,15,17,22,25,33H,8-9,11,13-14,16H2,1-2H3,(H,29,34)/t22?,25-/m1/s1. The molecular weight excluding hydrogens is 442 g/mol. The van der Waals surface area contributed by atoms with E-state index in [0.29, 0.717) is 19.5 Å². The number of fused-ring (bicyclic) bond motifs is 1. The minimum absolute atomic E-state index is 0.00209. The Labute approximate surface area is 205 Å². The van der Waals surface area contributed by atoms with E-state index >= 15 is 0 Å². The minimum atomic E-state index is -0.321. The monoisotopic (exact) mass is 473 g/mol. The molecule has 0 aliphatic carbocycles. The molecule has 1 aromatic heterocycles. The molecule has 2 amide bonds. The number of anilines is 1. The van der Waals surface area contributed by atoms with Gasteiger partial charge in [0.2, 0.25) is 11.8 Å². The second kappa shape index (κ2) is 9.64. The summed E-state index contributed by atoms with van der Waals surface area (Å²) in [7, 11) is 3.79. The summed E-state index contributed by atoms with van der Waals surface area (Å²) in [6, 6.07) is 13.8. The van der Waals surface area contributed by atoms with Gasteiger partial charge >= 0.3 is 0 Å². The number of hydrogen-bond donors (Lipinski definition) is 2. The van der Waals surface area contributed by atoms with Gasteiger partial charge in [-0.05, 0) is 35.2 Å². The smallest absolute Gasteiger partial charge is 0.228 e. The summed E-state index contributed by atoms with van der Waals surface area (Å²) in [5.74, 6) is -0.0106. The van der Waals surface area contributed by atoms with Crippen molar-refractivity contribution in [3.63, 3.8) is 0 Å². The van der Waals surface area contributed by atoms with Crippen LogP contribution in [0.25, 0.3) is 11.3 Å². The van der Waals surface area contributed by atoms with E-state index in [-0.39, 0.29) is 30.4 Å². The van der Waals surface area contributed by atoms with Gasteiger partial charge in [-0.2, -0.15) is 0 Å². The Balaban J connectivity index is 1.39. The Kier molecular flexibility index (Phi) is 6.40. The van der Waals surface area contributed by atoms with Crippen LogP contribution in [-0.2, 0) is 29.5 Å². The number of β-amino-alcohol motifs (C(OH)–C–C–N with tert-alkyl or cyclic N) is 1. The summed E-state index contributed by atoms with van der Waals surface area (Å²) in [5.41, 5.74) is 5.57. The van der Waals surface area contributed by atoms with E-state index in [9.17, 15) is 14.7 Å². The Morgan fingerprint density at radius 2 is 2.14 bits per heavy atom. The van der Waals surface area contributed by atoms with Crippen molar-refractivity contribution in [2.75, 3.05) is 32.0 Å². The van der Waals surface area contributed by atoms with Crippen LogP contribution in [0.2, 0.25) is 0 Å². The van der Waals surface area contributed by atoms with Gasteiger partial charge < -0.3 is 19.9 Å². The summed E-state index contributed by atoms with van der Waals surface area (Å²) in [6.07, 6.45) is 4.82. The highest BCUT2D eigenvalue weighted by atomic mass is 16.3. The number of carbonyl (C=O) groups is 2. The molecule has 2 aliphatic rings. The Morgan fingerprint density at radius 1 is 1.29 bits per heavy atom. The second-order valence-corrected chi connectivity index (χ2v) is 9.67. The molecule has 2 aliphatic heterocycles. The molecule has 1 unspecified atom stereocenters. The predicted molar refractivity (Wildman–Crippen MR) is 134 cm³/mol. The van der Waals surface area contributed by atoms with E-state index in [1.165, 1.54) is 0 Å². The van der Waals surface area contributed by atoms with Crippen LogP contribution in [0.3, 0.4) is 0 Å². The molecule has 182 valence electrons. The number of amides is 2. The third-order valence-corrected chi connectivity index (χ3v) is 6.97. The lowest BCUT2D eigenvalue weighted by Gasteiger charge is -2.32. The molecule has 1 saturated heterocycles. The number of nitrogens with one attached hydrogen (secondary N) is 1. The fourth-order valence-corrected chi connectivity index (χ4v) is 4.99. The van der Waals surface area contributed by atoms with E-state index in [1.807, 2.05) is 60.1 Å². The third kappa shape index (κ3) is 5.13. The van der Waals surface area contributed by atoms with E-state index in [4.69, 9.17) is 0 Å². The maximum Gasteiger partial charge on any atom is 0.228 e. The van der Waals surface area contributed by atoms with Gasteiger partial charge in [0.05, 0.1) is 37.0 Å². The molecule has 0 spiro atoms. The van der Waals surface area contributed by atoms with Crippen LogP contribution in [0, 0.1) is 0 Å². The summed E-state index contributed by atoms with van der Waals surface area (Å²) in [5, 5.41) is 12.9. The number of rotatable bonds is 7. The summed E-state index contributed by atoms with van der Waals surface area (Å²) >= 11 is 0. The zero-order chi connectivity index (χ0) is 24.5. The summed E-state index contributed by atoms with van der Waals surface area (Å²) in [4.78, 5) is 33.6. The Bertz CT molecular complexity index is 1250. The molecular formula is C27H31N5O3. The molecule has 8 nitrogen and oxygen atoms in total. The van der Waals surface area contributed by atoms with Crippen molar-refractivity contribution >= 4 is 17.5 Å². The first-order chi connectivity index (χ1) is 16.9. The molecule has 0 radical (unpaired) electrons. The lowest BCUT2D eigenvalue weighted by molar-refractivity contribution is -0.131. The molecule has 0 saturated carbocycles. The topological polar surface area (TPSA) is 90.7 Å². The molecule has 2 atom stereocenters. The van der Waals surface area contributed by atoms with Crippen molar-refractivity contribution in [2.45, 2.75) is 31.4 Å². The number of likely N-dealkylation sites (tertiary alicyclic amines) is 1. The van der Waals surface area contributed by atoms with E-state index in [0.717, 1.165) is 46.6 Å². The van der Waals surface area contributed by atoms with E-state index in [1.54, 1.807) is 6.33 Å². The normalized spacial score (nSPS) is 18.4. The number of aromatic nitrogens is 2. The largest absolute Gasteiger partial charge is 0.392 e. The van der Waals surface area contributed by atoms with Crippen LogP contribution in [0.1, 0.15) is 29.2 Å². The zero-order valence-electron chi connectivity index (χ0n) is 20.1. The lowest BCUT2D eigenvalue weighted by atomic mass is 10.00. The number of aliphatic hydroxyl groups excluding tert-OH is 1. The van der Waals surface area contributed by atoms with E-state index in [2.05, 4.69) is 27.3 Å². The molecule has 35 heavy (non-hydrogen) atoms. The van der Waals surface area contributed by atoms with Crippen molar-refractivity contribution in [1.29, 1.82) is 0 Å². The molecule has 8 heteroatoms. The van der Waals surface area contributed by atoms with Gasteiger partial charge in [0.1, 0.15) is 0 Å². The minimum Gasteiger partial charge on any atom is -0.392 e. The Hall–Kier alpha value is -3.49. The third-order valence-electron chi connectivity index (χ3n) is 6.97. The number of aryl methyl sites for hydroxylation is 1. The van der Waals surface area contributed by atoms with Gasteiger partial charge in [-0.15, -0.1) is 0 Å². The molecule has 2 aromatic carbocycles. The van der Waals surface area contributed by atoms with Gasteiger partial charge in [-0.25, -0.2) is 4.98 Å². The van der Waals surface area contributed by atoms with Crippen LogP contribution in [0.4, 0.5) is 5.69 Å². The van der Waals surface area contributed by atoms with Gasteiger partial charge in [0.15, 0.2) is 0 Å². The highest BCUT2D eigenvalue weighted by molar-refractivity contribution is 5.99. The van der Waals surface area contributed by atoms with Gasteiger partial charge in [0.25, 0.3) is 0 Å². The number of imidazole rings is 1. The molecule has 5 rings (SSSR count). The number of benzene rings is 2. The fourth-order valence-electron chi connectivity index (χ4n) is 4.99. The quantitative estimate of drug-likeness (QED) is 0.550. The van der Waals surface area contributed by atoms with Crippen molar-refractivity contribution < 1.29 is 14.7 Å². The highest BCUT2D eigenvalue weighted by Crippen LogP contribution is 2.29. The van der Waals surface area contributed by atoms with Gasteiger partial charge in [0, 0.05) is 51.2 Å². The van der Waals surface area contributed by atoms with Crippen LogP contribution in [-0.4, -0.2) is 69.1 Å². The zero-order valence-corrected chi connectivity index (χ0v) is 20.1. The van der Waals surface area contributed by atoms with Crippen LogP contribution >= 0.6 is 0 Å². The molecule has 0 bridgehead atoms. The average molecular weight is 474 g/mol. The summed E-state index contributed by atoms with van der Waals surface area (Å²) < 4.78 is 1.92. The first kappa shape index (κ1) is 23.3. The van der Waals surface area contributed by atoms with Crippen molar-refractivity contribution in [2.24, 2.45) is 7.05 Å². The lowest BCUT2D eigenvalue weighted by Crippen LogP contribution is -2.39. The SMILES string of the molecule is CN(C(=O)Cc1ccc2c(c1)NC(=O)C2)[C@H](CN1CCC(O)C1)c1cccc(-c2cn(C)cn2)c1. The van der Waals surface area contributed by atoms with Crippen molar-refractivity contribution in [1.82, 2.24) is 19.4 Å². The first-order valence-corrected chi connectivity index (χ1v) is 12.0. The maximum atomic E-state index is 13.4. The highest BCUT2D eigenvalue weighted by Gasteiger charge is 2.29. The molecule has 2 N–H and O–H groups in total. The van der Waals surface area contributed by atoms with Gasteiger partial charge in [-0.1, -0.05) is 30.3 Å². The molecule has 1 fully saturated rings. The number of aliphatic hydroxyl groups is 1. The second-order valence-electron chi connectivity index (χ2n) is 9.67. The number of carbonyl (C=O) groups excluding carboxylic acids is 2. The van der Waals surface area contributed by atoms with Crippen LogP contribution in [0.15, 0.2) is 55.0 Å². The first-order valence-electron chi connectivity index (χ1n) is 12.0. The van der Waals surface area contributed by atoms with Crippen LogP contribution < -0.4 is 5.32 Å². The molecule has 3 heterocycles. The van der Waals surface area contributed by atoms with E-state index < -0.39 is 0 Å². The number of likely N-dealkylation sites (N-methyl/N-ethyl adjacent to an activating group) is 1. The fraction of sp³-hybridized carbons (Fsp3) is 0.370. The number of nitrogens with zero attached hydrogens (tertiary/aromatic N) is 4. The van der Waals surface area contributed by atoms with Gasteiger partial charge in [-0.3, -0.25) is 14.5 Å². The van der Waals surface area contributed by atoms with Crippen molar-refractivity contribution in [3.05, 3.63) is 71.7 Å². The molecule has 3 aromatic rings. The Morgan fingerprint density at radius 3 is 2.89 bits per heavy atom. The maximum absolute atomic E-state index is 13.4. The predicted octanol–water partition coefficient (Wildman–Crippen LogP) is 2.39. The summed E-state index contributed by atoms with van der Waals surface area (Å²) in [6.45, 7) is 2.07. The van der Waals surface area contributed by atoms with Crippen LogP contribution in [0.5, 0.6) is 0 Å². The van der Waals surface area contributed by atoms with Crippen molar-refractivity contribution in [3.8, 4) is 11.3 Å². The average Bonchev–Trinajstić information content (AvgIpc) is 3.56.